The largest absolute Gasteiger partial charge is 0.465 e. The molecule has 2 aliphatic rings. The van der Waals surface area contributed by atoms with E-state index in [9.17, 15) is 9.59 Å². The Morgan fingerprint density at radius 1 is 1.33 bits per heavy atom. The molecule has 4 rings (SSSR count). The molecule has 0 spiro atoms. The van der Waals surface area contributed by atoms with Crippen LogP contribution in [0.4, 0.5) is 10.5 Å². The van der Waals surface area contributed by atoms with Crippen molar-refractivity contribution < 1.29 is 14.7 Å². The maximum Gasteiger partial charge on any atom is 0.407 e. The Morgan fingerprint density at radius 2 is 2.08 bits per heavy atom. The predicted molar refractivity (Wildman–Crippen MR) is 89.3 cm³/mol. The molecule has 5 N–H and O–H groups in total. The van der Waals surface area contributed by atoms with E-state index in [1.165, 1.54) is 4.90 Å². The lowest BCUT2D eigenvalue weighted by atomic mass is 9.90. The summed E-state index contributed by atoms with van der Waals surface area (Å²) in [7, 11) is 0. The second-order valence-electron chi connectivity index (χ2n) is 6.19. The Labute approximate surface area is 137 Å². The summed E-state index contributed by atoms with van der Waals surface area (Å²) in [5.41, 5.74) is 12.1. The van der Waals surface area contributed by atoms with Crippen LogP contribution in [0, 0.1) is 0 Å². The van der Waals surface area contributed by atoms with Crippen LogP contribution in [0.2, 0.25) is 0 Å². The SMILES string of the molecule is Nc1cc2c3c(c(C4CCN(C(=O)O)CC4)[nH]c3c1)C=NNC2=O. The van der Waals surface area contributed by atoms with Crippen molar-refractivity contribution in [1.82, 2.24) is 15.3 Å². The number of nitrogens with zero attached hydrogens (tertiary/aromatic N) is 2. The van der Waals surface area contributed by atoms with Crippen LogP contribution >= 0.6 is 0 Å². The van der Waals surface area contributed by atoms with E-state index in [1.54, 1.807) is 12.3 Å². The fourth-order valence-electron chi connectivity index (χ4n) is 3.61. The number of aromatic amines is 1. The van der Waals surface area contributed by atoms with Gasteiger partial charge in [0.2, 0.25) is 0 Å². The van der Waals surface area contributed by atoms with Crippen molar-refractivity contribution in [3.63, 3.8) is 0 Å². The van der Waals surface area contributed by atoms with E-state index in [4.69, 9.17) is 10.8 Å². The van der Waals surface area contributed by atoms with Gasteiger partial charge in [0.05, 0.1) is 11.8 Å². The van der Waals surface area contributed by atoms with Gasteiger partial charge in [-0.25, -0.2) is 10.2 Å². The van der Waals surface area contributed by atoms with Gasteiger partial charge < -0.3 is 20.7 Å². The minimum Gasteiger partial charge on any atom is -0.465 e. The fourth-order valence-corrected chi connectivity index (χ4v) is 3.61. The van der Waals surface area contributed by atoms with Crippen molar-refractivity contribution in [2.24, 2.45) is 5.10 Å². The number of aromatic nitrogens is 1. The van der Waals surface area contributed by atoms with E-state index in [0.717, 1.165) is 35.0 Å². The smallest absolute Gasteiger partial charge is 0.407 e. The Bertz CT molecular complexity index is 877. The molecule has 8 heteroatoms. The second kappa shape index (κ2) is 5.26. The summed E-state index contributed by atoms with van der Waals surface area (Å²) >= 11 is 0. The standard InChI is InChI=1S/C16H17N5O3/c17-9-5-10-13-11(7-18-20-15(10)22)14(19-12(13)6-9)8-1-3-21(4-2-8)16(23)24/h5-8,19H,1-4,17H2,(H,20,22)(H,23,24). The average molecular weight is 327 g/mol. The van der Waals surface area contributed by atoms with E-state index < -0.39 is 6.09 Å². The lowest BCUT2D eigenvalue weighted by molar-refractivity contribution is 0.0957. The summed E-state index contributed by atoms with van der Waals surface area (Å²) in [6.07, 6.45) is 2.23. The first-order valence-electron chi connectivity index (χ1n) is 7.81. The molecule has 24 heavy (non-hydrogen) atoms. The number of H-pyrrole nitrogens is 1. The van der Waals surface area contributed by atoms with Gasteiger partial charge in [-0.1, -0.05) is 0 Å². The fraction of sp³-hybridized carbons (Fsp3) is 0.312. The van der Waals surface area contributed by atoms with Crippen molar-refractivity contribution in [1.29, 1.82) is 0 Å². The highest BCUT2D eigenvalue weighted by Crippen LogP contribution is 2.36. The molecule has 2 amide bonds. The normalized spacial score (nSPS) is 17.8. The van der Waals surface area contributed by atoms with Crippen molar-refractivity contribution in [2.75, 3.05) is 18.8 Å². The highest BCUT2D eigenvalue weighted by molar-refractivity contribution is 6.15. The van der Waals surface area contributed by atoms with Crippen molar-refractivity contribution in [3.8, 4) is 0 Å². The van der Waals surface area contributed by atoms with Gasteiger partial charge in [-0.05, 0) is 25.0 Å². The molecule has 1 saturated heterocycles. The third-order valence-electron chi connectivity index (χ3n) is 4.77. The van der Waals surface area contributed by atoms with Crippen LogP contribution in [-0.2, 0) is 0 Å². The Kier molecular flexibility index (Phi) is 3.19. The first kappa shape index (κ1) is 14.6. The molecule has 1 aromatic heterocycles. The van der Waals surface area contributed by atoms with Crippen LogP contribution in [0.25, 0.3) is 10.9 Å². The summed E-state index contributed by atoms with van der Waals surface area (Å²) in [6.45, 7) is 0.996. The average Bonchev–Trinajstić information content (AvgIpc) is 2.83. The van der Waals surface area contributed by atoms with Crippen LogP contribution in [0.3, 0.4) is 0 Å². The van der Waals surface area contributed by atoms with Crippen LogP contribution in [0.1, 0.15) is 40.4 Å². The van der Waals surface area contributed by atoms with Gasteiger partial charge in [0.1, 0.15) is 0 Å². The van der Waals surface area contributed by atoms with Gasteiger partial charge >= 0.3 is 6.09 Å². The minimum atomic E-state index is -0.880. The molecule has 8 nitrogen and oxygen atoms in total. The zero-order chi connectivity index (χ0) is 16.8. The molecule has 0 aliphatic carbocycles. The third kappa shape index (κ3) is 2.18. The maximum absolute atomic E-state index is 12.2. The molecule has 0 bridgehead atoms. The zero-order valence-corrected chi connectivity index (χ0v) is 12.9. The molecule has 1 aromatic carbocycles. The lowest BCUT2D eigenvalue weighted by Crippen LogP contribution is -2.37. The van der Waals surface area contributed by atoms with E-state index in [2.05, 4.69) is 15.5 Å². The monoisotopic (exact) mass is 327 g/mol. The summed E-state index contributed by atoms with van der Waals surface area (Å²) < 4.78 is 0. The molecule has 0 atom stereocenters. The molecule has 2 aliphatic heterocycles. The summed E-state index contributed by atoms with van der Waals surface area (Å²) in [4.78, 5) is 28.1. The van der Waals surface area contributed by atoms with Crippen LogP contribution in [0.15, 0.2) is 17.2 Å². The van der Waals surface area contributed by atoms with E-state index >= 15 is 0 Å². The van der Waals surface area contributed by atoms with Gasteiger partial charge in [-0.15, -0.1) is 0 Å². The highest BCUT2D eigenvalue weighted by Gasteiger charge is 2.28. The second-order valence-corrected chi connectivity index (χ2v) is 6.19. The van der Waals surface area contributed by atoms with E-state index in [0.29, 0.717) is 24.3 Å². The van der Waals surface area contributed by atoms with Gasteiger partial charge in [-0.3, -0.25) is 4.79 Å². The first-order valence-corrected chi connectivity index (χ1v) is 7.81. The number of rotatable bonds is 1. The number of carbonyl (C=O) groups excluding carboxylic acids is 1. The number of hydrogen-bond donors (Lipinski definition) is 4. The molecule has 1 fully saturated rings. The predicted octanol–water partition coefficient (Wildman–Crippen LogP) is 1.68. The highest BCUT2D eigenvalue weighted by atomic mass is 16.4. The molecule has 2 aromatic rings. The first-order chi connectivity index (χ1) is 11.5. The number of carboxylic acid groups (broad SMARTS) is 1. The quantitative estimate of drug-likeness (QED) is 0.595. The maximum atomic E-state index is 12.2. The number of likely N-dealkylation sites (tertiary alicyclic amines) is 1. The van der Waals surface area contributed by atoms with Crippen molar-refractivity contribution >= 4 is 34.8 Å². The molecule has 0 saturated carbocycles. The molecular formula is C16H17N5O3. The number of carbonyl (C=O) groups is 2. The number of hydrogen-bond acceptors (Lipinski definition) is 4. The molecule has 0 radical (unpaired) electrons. The number of benzene rings is 1. The molecular weight excluding hydrogens is 310 g/mol. The van der Waals surface area contributed by atoms with Gasteiger partial charge in [-0.2, -0.15) is 5.10 Å². The van der Waals surface area contributed by atoms with Gasteiger partial charge in [0.25, 0.3) is 5.91 Å². The van der Waals surface area contributed by atoms with Crippen molar-refractivity contribution in [3.05, 3.63) is 29.0 Å². The molecule has 3 heterocycles. The number of nitrogens with two attached hydrogens (primary N) is 1. The Morgan fingerprint density at radius 3 is 2.79 bits per heavy atom. The van der Waals surface area contributed by atoms with Crippen LogP contribution < -0.4 is 11.2 Å². The number of amides is 2. The van der Waals surface area contributed by atoms with E-state index in [1.807, 2.05) is 6.07 Å². The Hall–Kier alpha value is -3.03. The van der Waals surface area contributed by atoms with Gasteiger partial charge in [0.15, 0.2) is 0 Å². The Balaban J connectivity index is 1.80. The summed E-state index contributed by atoms with van der Waals surface area (Å²) in [5.74, 6) is -0.0923. The summed E-state index contributed by atoms with van der Waals surface area (Å²) in [6, 6.07) is 3.46. The number of nitrogens with one attached hydrogen (secondary N) is 2. The third-order valence-corrected chi connectivity index (χ3v) is 4.77. The minimum absolute atomic E-state index is 0.191. The topological polar surface area (TPSA) is 124 Å². The van der Waals surface area contributed by atoms with Gasteiger partial charge in [0, 0.05) is 46.9 Å². The molecule has 124 valence electrons. The number of hydrazone groups is 1. The number of piperidine rings is 1. The number of anilines is 1. The van der Waals surface area contributed by atoms with Crippen molar-refractivity contribution in [2.45, 2.75) is 18.8 Å². The van der Waals surface area contributed by atoms with Crippen LogP contribution in [-0.4, -0.2) is 46.3 Å². The lowest BCUT2D eigenvalue weighted by Gasteiger charge is -2.29. The number of nitrogen functional groups attached to an aromatic ring is 1. The molecule has 0 unspecified atom stereocenters. The zero-order valence-electron chi connectivity index (χ0n) is 12.9. The summed E-state index contributed by atoms with van der Waals surface area (Å²) in [5, 5.41) is 13.9. The van der Waals surface area contributed by atoms with E-state index in [-0.39, 0.29) is 11.8 Å². The van der Waals surface area contributed by atoms with Crippen LogP contribution in [0.5, 0.6) is 0 Å².